The number of anilines is 1. The predicted octanol–water partition coefficient (Wildman–Crippen LogP) is 4.94. The number of nitrogens with zero attached hydrogens (tertiary/aromatic N) is 3. The van der Waals surface area contributed by atoms with E-state index in [0.717, 1.165) is 23.0 Å². The van der Waals surface area contributed by atoms with Crippen LogP contribution in [0, 0.1) is 0 Å². The molecule has 4 aromatic rings. The molecule has 0 saturated heterocycles. The number of hydrogen-bond donors (Lipinski definition) is 1. The third-order valence-corrected chi connectivity index (χ3v) is 6.19. The van der Waals surface area contributed by atoms with Gasteiger partial charge in [-0.3, -0.25) is 4.98 Å². The summed E-state index contributed by atoms with van der Waals surface area (Å²) in [6.07, 6.45) is 6.00. The number of hydrogen-bond acceptors (Lipinski definition) is 7. The average Bonchev–Trinajstić information content (AvgIpc) is 2.95. The van der Waals surface area contributed by atoms with E-state index < -0.39 is 12.0 Å². The van der Waals surface area contributed by atoms with Gasteiger partial charge >= 0.3 is 5.97 Å². The second-order valence-corrected chi connectivity index (χ2v) is 8.31. The molecule has 1 aliphatic rings. The number of fused-ring (bicyclic) bond motifs is 1. The Morgan fingerprint density at radius 3 is 2.36 bits per heavy atom. The largest absolute Gasteiger partial charge is 0.505 e. The molecular formula is C29H23N3O4. The molecule has 1 unspecified atom stereocenters. The molecule has 0 spiro atoms. The maximum absolute atomic E-state index is 12.6. The maximum atomic E-state index is 12.6. The van der Waals surface area contributed by atoms with Gasteiger partial charge in [0.25, 0.3) is 0 Å². The number of rotatable bonds is 6. The van der Waals surface area contributed by atoms with Gasteiger partial charge in [0, 0.05) is 30.1 Å². The van der Waals surface area contributed by atoms with Crippen LogP contribution in [0.15, 0.2) is 85.2 Å². The Kier molecular flexibility index (Phi) is 6.28. The molecule has 1 aliphatic heterocycles. The zero-order valence-electron chi connectivity index (χ0n) is 19.5. The lowest BCUT2D eigenvalue weighted by atomic mass is 9.91. The summed E-state index contributed by atoms with van der Waals surface area (Å²) in [5.41, 5.74) is 4.38. The van der Waals surface area contributed by atoms with Crippen LogP contribution in [0.2, 0.25) is 0 Å². The van der Waals surface area contributed by atoms with Gasteiger partial charge in [0.15, 0.2) is 11.4 Å². The van der Waals surface area contributed by atoms with Crippen LogP contribution in [0.4, 0.5) is 5.69 Å². The van der Waals surface area contributed by atoms with Crippen molar-refractivity contribution < 1.29 is 19.4 Å². The molecule has 0 fully saturated rings. The Hall–Kier alpha value is -4.78. The van der Waals surface area contributed by atoms with E-state index in [4.69, 9.17) is 4.74 Å². The van der Waals surface area contributed by atoms with E-state index >= 15 is 0 Å². The summed E-state index contributed by atoms with van der Waals surface area (Å²) in [5, 5.41) is 11.3. The molecule has 2 aromatic carbocycles. The standard InChI is InChI=1S/C29H23N3O4/c1-36-29(35)26-28(34)23-15-22(19-9-4-2-5-10-19)17-32(24(18-33)20-11-6-3-7-12-20)27(23)25(31-26)21-13-8-14-30-16-21/h2-16,18,24,34H,17H2,1H3. The van der Waals surface area contributed by atoms with Crippen LogP contribution in [-0.2, 0) is 9.53 Å². The summed E-state index contributed by atoms with van der Waals surface area (Å²) in [6.45, 7) is 0.376. The fourth-order valence-electron chi connectivity index (χ4n) is 4.48. The van der Waals surface area contributed by atoms with Crippen LogP contribution in [0.3, 0.4) is 0 Å². The summed E-state index contributed by atoms with van der Waals surface area (Å²) in [4.78, 5) is 35.8. The SMILES string of the molecule is COC(=O)c1nc(-c2cccnc2)c2c(c1O)C=C(c1ccccc1)CN2C(C=O)c1ccccc1. The lowest BCUT2D eigenvalue weighted by molar-refractivity contribution is -0.109. The maximum Gasteiger partial charge on any atom is 0.360 e. The fraction of sp³-hybridized carbons (Fsp3) is 0.103. The second kappa shape index (κ2) is 9.84. The van der Waals surface area contributed by atoms with Crippen LogP contribution in [0.25, 0.3) is 22.9 Å². The summed E-state index contributed by atoms with van der Waals surface area (Å²) < 4.78 is 4.91. The number of esters is 1. The van der Waals surface area contributed by atoms with Crippen molar-refractivity contribution in [2.75, 3.05) is 18.6 Å². The first-order valence-corrected chi connectivity index (χ1v) is 11.4. The van der Waals surface area contributed by atoms with Crippen LogP contribution >= 0.6 is 0 Å². The van der Waals surface area contributed by atoms with Crippen LogP contribution in [0.5, 0.6) is 5.75 Å². The van der Waals surface area contributed by atoms with Crippen molar-refractivity contribution in [1.29, 1.82) is 0 Å². The number of carbonyl (C=O) groups is 2. The van der Waals surface area contributed by atoms with Crippen LogP contribution < -0.4 is 4.90 Å². The summed E-state index contributed by atoms with van der Waals surface area (Å²) >= 11 is 0. The smallest absolute Gasteiger partial charge is 0.360 e. The summed E-state index contributed by atoms with van der Waals surface area (Å²) in [6, 6.07) is 22.1. The molecule has 1 atom stereocenters. The minimum Gasteiger partial charge on any atom is -0.505 e. The lowest BCUT2D eigenvalue weighted by Crippen LogP contribution is -2.34. The second-order valence-electron chi connectivity index (χ2n) is 8.31. The first-order valence-electron chi connectivity index (χ1n) is 11.4. The normalized spacial score (nSPS) is 13.4. The van der Waals surface area contributed by atoms with E-state index in [1.807, 2.05) is 77.7 Å². The molecule has 5 rings (SSSR count). The van der Waals surface area contributed by atoms with Gasteiger partial charge in [0.1, 0.15) is 12.3 Å². The topological polar surface area (TPSA) is 92.6 Å². The summed E-state index contributed by atoms with van der Waals surface area (Å²) in [5.74, 6) is -1.07. The van der Waals surface area contributed by atoms with Crippen molar-refractivity contribution in [3.05, 3.63) is 108 Å². The monoisotopic (exact) mass is 477 g/mol. The molecule has 0 aliphatic carbocycles. The van der Waals surface area contributed by atoms with Crippen molar-refractivity contribution in [1.82, 2.24) is 9.97 Å². The van der Waals surface area contributed by atoms with Crippen molar-refractivity contribution >= 4 is 29.6 Å². The van der Waals surface area contributed by atoms with E-state index in [0.29, 0.717) is 29.1 Å². The van der Waals surface area contributed by atoms with Gasteiger partial charge in [-0.2, -0.15) is 0 Å². The molecule has 0 bridgehead atoms. The van der Waals surface area contributed by atoms with E-state index in [-0.39, 0.29) is 11.4 Å². The zero-order chi connectivity index (χ0) is 25.1. The molecule has 7 nitrogen and oxygen atoms in total. The van der Waals surface area contributed by atoms with Gasteiger partial charge < -0.3 is 19.5 Å². The van der Waals surface area contributed by atoms with Gasteiger partial charge in [0.2, 0.25) is 0 Å². The highest BCUT2D eigenvalue weighted by molar-refractivity contribution is 6.02. The Labute approximate surface area is 208 Å². The van der Waals surface area contributed by atoms with Crippen molar-refractivity contribution in [3.63, 3.8) is 0 Å². The molecule has 36 heavy (non-hydrogen) atoms. The van der Waals surface area contributed by atoms with Gasteiger partial charge in [-0.05, 0) is 34.9 Å². The minimum atomic E-state index is -0.762. The molecule has 7 heteroatoms. The molecule has 3 heterocycles. The van der Waals surface area contributed by atoms with E-state index in [9.17, 15) is 14.7 Å². The van der Waals surface area contributed by atoms with Crippen LogP contribution in [-0.4, -0.2) is 41.0 Å². The van der Waals surface area contributed by atoms with Gasteiger partial charge in [0.05, 0.1) is 18.5 Å². The highest BCUT2D eigenvalue weighted by Gasteiger charge is 2.34. The number of carbonyl (C=O) groups excluding carboxylic acids is 2. The van der Waals surface area contributed by atoms with E-state index in [1.165, 1.54) is 7.11 Å². The molecule has 178 valence electrons. The number of aromatic nitrogens is 2. The van der Waals surface area contributed by atoms with Gasteiger partial charge in [-0.15, -0.1) is 0 Å². The molecule has 0 amide bonds. The Bertz CT molecular complexity index is 1440. The predicted molar refractivity (Wildman–Crippen MR) is 137 cm³/mol. The van der Waals surface area contributed by atoms with E-state index in [2.05, 4.69) is 9.97 Å². The van der Waals surface area contributed by atoms with Crippen molar-refractivity contribution in [3.8, 4) is 17.0 Å². The lowest BCUT2D eigenvalue weighted by Gasteiger charge is -2.37. The number of pyridine rings is 2. The van der Waals surface area contributed by atoms with E-state index in [1.54, 1.807) is 18.5 Å². The number of aromatic hydroxyl groups is 1. The molecule has 1 N–H and O–H groups in total. The Balaban J connectivity index is 1.83. The number of methoxy groups -OCH3 is 1. The quantitative estimate of drug-likeness (QED) is 0.311. The Morgan fingerprint density at radius 1 is 1.03 bits per heavy atom. The number of aldehydes is 1. The molecule has 2 aromatic heterocycles. The van der Waals surface area contributed by atoms with Crippen LogP contribution in [0.1, 0.15) is 33.2 Å². The minimum absolute atomic E-state index is 0.206. The first kappa shape index (κ1) is 23.0. The number of ether oxygens (including phenoxy) is 1. The highest BCUT2D eigenvalue weighted by Crippen LogP contribution is 2.46. The zero-order valence-corrected chi connectivity index (χ0v) is 19.5. The third kappa shape index (κ3) is 4.11. The number of benzene rings is 2. The van der Waals surface area contributed by atoms with Crippen molar-refractivity contribution in [2.24, 2.45) is 0 Å². The third-order valence-electron chi connectivity index (χ3n) is 6.19. The van der Waals surface area contributed by atoms with Gasteiger partial charge in [-0.1, -0.05) is 60.7 Å². The Morgan fingerprint density at radius 2 is 1.72 bits per heavy atom. The summed E-state index contributed by atoms with van der Waals surface area (Å²) in [7, 11) is 1.24. The molecular weight excluding hydrogens is 454 g/mol. The molecule has 0 radical (unpaired) electrons. The molecule has 0 saturated carbocycles. The average molecular weight is 478 g/mol. The first-order chi connectivity index (χ1) is 17.6. The highest BCUT2D eigenvalue weighted by atomic mass is 16.5. The fourth-order valence-corrected chi connectivity index (χ4v) is 4.48. The van der Waals surface area contributed by atoms with Gasteiger partial charge in [-0.25, -0.2) is 9.78 Å². The van der Waals surface area contributed by atoms with Crippen molar-refractivity contribution in [2.45, 2.75) is 6.04 Å².